The Morgan fingerprint density at radius 2 is 2.05 bits per heavy atom. The number of hydrogen-bond donors (Lipinski definition) is 1. The van der Waals surface area contributed by atoms with E-state index >= 15 is 0 Å². The van der Waals surface area contributed by atoms with Crippen molar-refractivity contribution in [3.63, 3.8) is 0 Å². The number of nitro benzene ring substituents is 1. The quantitative estimate of drug-likeness (QED) is 0.363. The number of nitro groups is 1. The average molecular weight is 305 g/mol. The van der Waals surface area contributed by atoms with Crippen molar-refractivity contribution in [3.8, 4) is 0 Å². The van der Waals surface area contributed by atoms with Crippen LogP contribution in [0.4, 0.5) is 5.69 Å². The van der Waals surface area contributed by atoms with Crippen LogP contribution in [0.5, 0.6) is 0 Å². The van der Waals surface area contributed by atoms with Crippen LogP contribution in [0, 0.1) is 10.1 Å². The number of amides is 1. The number of carbonyl (C=O) groups excluding carboxylic acids is 1. The molecule has 0 bridgehead atoms. The molecule has 0 spiro atoms. The fourth-order valence-electron chi connectivity index (χ4n) is 1.54. The van der Waals surface area contributed by atoms with Crippen LogP contribution in [0.3, 0.4) is 0 Å². The maximum absolute atomic E-state index is 11.8. The summed E-state index contributed by atoms with van der Waals surface area (Å²) in [4.78, 5) is 22.1. The Balaban J connectivity index is 2.64. The molecular formula is C12H14Cl2N2O3. The lowest BCUT2D eigenvalue weighted by molar-refractivity contribution is -0.385. The summed E-state index contributed by atoms with van der Waals surface area (Å²) in [5, 5.41) is 13.7. The van der Waals surface area contributed by atoms with Crippen LogP contribution in [-0.2, 0) is 0 Å². The van der Waals surface area contributed by atoms with E-state index in [9.17, 15) is 14.9 Å². The number of rotatable bonds is 7. The largest absolute Gasteiger partial charge is 0.352 e. The minimum Gasteiger partial charge on any atom is -0.352 e. The molecule has 0 unspecified atom stereocenters. The minimum absolute atomic E-state index is 0.0201. The Hall–Kier alpha value is -1.33. The molecule has 0 heterocycles. The molecule has 0 aliphatic heterocycles. The van der Waals surface area contributed by atoms with Crippen LogP contribution in [-0.4, -0.2) is 23.3 Å². The molecule has 0 saturated carbocycles. The monoisotopic (exact) mass is 304 g/mol. The van der Waals surface area contributed by atoms with E-state index < -0.39 is 10.8 Å². The first-order valence-corrected chi connectivity index (χ1v) is 6.75. The third kappa shape index (κ3) is 5.04. The molecule has 1 rings (SSSR count). The van der Waals surface area contributed by atoms with Crippen LogP contribution in [0.15, 0.2) is 18.2 Å². The summed E-state index contributed by atoms with van der Waals surface area (Å²) in [5.41, 5.74) is -0.266. The smallest absolute Gasteiger partial charge is 0.283 e. The lowest BCUT2D eigenvalue weighted by Gasteiger charge is -2.05. The molecule has 0 aliphatic rings. The fraction of sp³-hybridized carbons (Fsp3) is 0.417. The predicted octanol–water partition coefficient (Wildman–Crippen LogP) is 3.39. The van der Waals surface area contributed by atoms with Crippen molar-refractivity contribution in [3.05, 3.63) is 38.9 Å². The van der Waals surface area contributed by atoms with E-state index in [1.165, 1.54) is 18.2 Å². The number of hydrogen-bond acceptors (Lipinski definition) is 3. The second kappa shape index (κ2) is 7.96. The van der Waals surface area contributed by atoms with Crippen molar-refractivity contribution in [1.29, 1.82) is 0 Å². The van der Waals surface area contributed by atoms with Crippen molar-refractivity contribution in [1.82, 2.24) is 5.32 Å². The molecule has 0 aromatic heterocycles. The molecule has 1 amide bonds. The number of nitrogens with one attached hydrogen (secondary N) is 1. The molecule has 0 saturated heterocycles. The summed E-state index contributed by atoms with van der Waals surface area (Å²) < 4.78 is 0. The molecule has 0 atom stereocenters. The summed E-state index contributed by atoms with van der Waals surface area (Å²) in [6.07, 6.45) is 2.59. The van der Waals surface area contributed by atoms with E-state index in [4.69, 9.17) is 23.2 Å². The van der Waals surface area contributed by atoms with Gasteiger partial charge >= 0.3 is 0 Å². The number of carbonyl (C=O) groups is 1. The van der Waals surface area contributed by atoms with Crippen molar-refractivity contribution >= 4 is 34.8 Å². The molecule has 1 aromatic rings. The van der Waals surface area contributed by atoms with Crippen LogP contribution in [0.25, 0.3) is 0 Å². The Morgan fingerprint density at radius 3 is 2.68 bits per heavy atom. The van der Waals surface area contributed by atoms with Gasteiger partial charge in [-0.25, -0.2) is 0 Å². The van der Waals surface area contributed by atoms with Gasteiger partial charge in [0.05, 0.1) is 4.92 Å². The molecule has 1 aromatic carbocycles. The summed E-state index contributed by atoms with van der Waals surface area (Å²) in [6.45, 7) is 0.468. The van der Waals surface area contributed by atoms with Gasteiger partial charge in [0.25, 0.3) is 11.6 Å². The second-order valence-corrected chi connectivity index (χ2v) is 4.74. The maximum Gasteiger partial charge on any atom is 0.283 e. The van der Waals surface area contributed by atoms with E-state index in [1.807, 2.05) is 0 Å². The summed E-state index contributed by atoms with van der Waals surface area (Å²) in [6, 6.07) is 3.98. The van der Waals surface area contributed by atoms with E-state index in [2.05, 4.69) is 5.32 Å². The molecule has 5 nitrogen and oxygen atoms in total. The van der Waals surface area contributed by atoms with E-state index in [0.717, 1.165) is 19.3 Å². The highest BCUT2D eigenvalue weighted by molar-refractivity contribution is 6.31. The molecule has 0 aliphatic carbocycles. The highest BCUT2D eigenvalue weighted by Gasteiger charge is 2.19. The van der Waals surface area contributed by atoms with Gasteiger partial charge < -0.3 is 5.32 Å². The summed E-state index contributed by atoms with van der Waals surface area (Å²) >= 11 is 11.2. The number of nitrogens with zero attached hydrogens (tertiary/aromatic N) is 1. The van der Waals surface area contributed by atoms with Gasteiger partial charge in [-0.05, 0) is 25.0 Å². The van der Waals surface area contributed by atoms with Crippen molar-refractivity contribution in [2.75, 3.05) is 12.4 Å². The Labute approximate surface area is 121 Å². The Bertz CT molecular complexity index is 466. The molecular weight excluding hydrogens is 291 g/mol. The minimum atomic E-state index is -0.617. The van der Waals surface area contributed by atoms with E-state index in [0.29, 0.717) is 12.4 Å². The normalized spacial score (nSPS) is 10.2. The van der Waals surface area contributed by atoms with Gasteiger partial charge in [-0.15, -0.1) is 11.6 Å². The molecule has 7 heteroatoms. The number of unbranched alkanes of at least 4 members (excludes halogenated alkanes) is 2. The molecule has 0 radical (unpaired) electrons. The van der Waals surface area contributed by atoms with Crippen LogP contribution < -0.4 is 5.32 Å². The first-order valence-electron chi connectivity index (χ1n) is 5.84. The lowest BCUT2D eigenvalue weighted by atomic mass is 10.1. The van der Waals surface area contributed by atoms with E-state index in [-0.39, 0.29) is 16.3 Å². The third-order valence-electron chi connectivity index (χ3n) is 2.50. The van der Waals surface area contributed by atoms with Crippen molar-refractivity contribution in [2.45, 2.75) is 19.3 Å². The number of alkyl halides is 1. The average Bonchev–Trinajstić information content (AvgIpc) is 2.38. The molecule has 0 fully saturated rings. The fourth-order valence-corrected chi connectivity index (χ4v) is 1.90. The topological polar surface area (TPSA) is 72.2 Å². The van der Waals surface area contributed by atoms with Crippen molar-refractivity contribution in [2.24, 2.45) is 0 Å². The highest BCUT2D eigenvalue weighted by Crippen LogP contribution is 2.23. The highest BCUT2D eigenvalue weighted by atomic mass is 35.5. The van der Waals surface area contributed by atoms with Crippen molar-refractivity contribution < 1.29 is 9.72 Å². The van der Waals surface area contributed by atoms with Gasteiger partial charge in [0.2, 0.25) is 0 Å². The lowest BCUT2D eigenvalue weighted by Crippen LogP contribution is -2.25. The van der Waals surface area contributed by atoms with Gasteiger partial charge in [0.15, 0.2) is 0 Å². The maximum atomic E-state index is 11.8. The van der Waals surface area contributed by atoms with Gasteiger partial charge in [0, 0.05) is 23.5 Å². The van der Waals surface area contributed by atoms with Crippen LogP contribution in [0.1, 0.15) is 29.6 Å². The second-order valence-electron chi connectivity index (χ2n) is 3.92. The van der Waals surface area contributed by atoms with Gasteiger partial charge in [-0.1, -0.05) is 18.0 Å². The summed E-state index contributed by atoms with van der Waals surface area (Å²) in [7, 11) is 0. The Morgan fingerprint density at radius 1 is 1.32 bits per heavy atom. The number of benzene rings is 1. The number of halogens is 2. The predicted molar refractivity (Wildman–Crippen MR) is 75.0 cm³/mol. The zero-order chi connectivity index (χ0) is 14.3. The first-order chi connectivity index (χ1) is 9.06. The first kappa shape index (κ1) is 15.7. The van der Waals surface area contributed by atoms with Gasteiger partial charge in [-0.2, -0.15) is 0 Å². The SMILES string of the molecule is O=C(NCCCCCCl)c1ccc(Cl)cc1[N+](=O)[O-]. The van der Waals surface area contributed by atoms with Gasteiger partial charge in [0.1, 0.15) is 5.56 Å². The van der Waals surface area contributed by atoms with Crippen LogP contribution >= 0.6 is 23.2 Å². The van der Waals surface area contributed by atoms with Gasteiger partial charge in [-0.3, -0.25) is 14.9 Å². The molecule has 19 heavy (non-hydrogen) atoms. The van der Waals surface area contributed by atoms with Crippen LogP contribution in [0.2, 0.25) is 5.02 Å². The molecule has 1 N–H and O–H groups in total. The van der Waals surface area contributed by atoms with E-state index in [1.54, 1.807) is 0 Å². The summed E-state index contributed by atoms with van der Waals surface area (Å²) in [5.74, 6) is 0.130. The standard InChI is InChI=1S/C12H14Cl2N2O3/c13-6-2-1-3-7-15-12(17)10-5-4-9(14)8-11(10)16(18)19/h4-5,8H,1-3,6-7H2,(H,15,17). The molecule has 104 valence electrons. The zero-order valence-electron chi connectivity index (χ0n) is 10.2. The Kier molecular flexibility index (Phi) is 6.59. The zero-order valence-corrected chi connectivity index (χ0v) is 11.7. The third-order valence-corrected chi connectivity index (χ3v) is 3.00.